The molecule has 0 radical (unpaired) electrons. The molecule has 0 amide bonds. The first-order valence-electron chi connectivity index (χ1n) is 6.97. The lowest BCUT2D eigenvalue weighted by Gasteiger charge is -2.30. The van der Waals surface area contributed by atoms with Crippen molar-refractivity contribution in [3.63, 3.8) is 0 Å². The summed E-state index contributed by atoms with van der Waals surface area (Å²) >= 11 is 0. The van der Waals surface area contributed by atoms with Gasteiger partial charge >= 0.3 is 0 Å². The van der Waals surface area contributed by atoms with Crippen LogP contribution in [0.2, 0.25) is 0 Å². The minimum Gasteiger partial charge on any atom is -0.493 e. The average Bonchev–Trinajstić information content (AvgIpc) is 2.41. The molecule has 1 aliphatic carbocycles. The first kappa shape index (κ1) is 12.9. The molecule has 0 saturated heterocycles. The van der Waals surface area contributed by atoms with E-state index in [1.807, 2.05) is 25.1 Å². The Morgan fingerprint density at radius 2 is 2.05 bits per heavy atom. The molecule has 0 fully saturated rings. The van der Waals surface area contributed by atoms with Crippen LogP contribution in [0.5, 0.6) is 5.75 Å². The van der Waals surface area contributed by atoms with Gasteiger partial charge < -0.3 is 4.74 Å². The van der Waals surface area contributed by atoms with Crippen molar-refractivity contribution in [2.24, 2.45) is 0 Å². The van der Waals surface area contributed by atoms with E-state index in [1.165, 1.54) is 11.1 Å². The highest BCUT2D eigenvalue weighted by Crippen LogP contribution is 2.35. The second-order valence-corrected chi connectivity index (χ2v) is 5.45. The number of carbonyl (C=O) groups excluding carboxylic acids is 1. The van der Waals surface area contributed by atoms with Crippen LogP contribution in [0.4, 0.5) is 0 Å². The number of ketones is 1. The van der Waals surface area contributed by atoms with Gasteiger partial charge in [0.05, 0.1) is 6.61 Å². The summed E-state index contributed by atoms with van der Waals surface area (Å²) in [6.45, 7) is 4.27. The van der Waals surface area contributed by atoms with Crippen molar-refractivity contribution in [1.29, 1.82) is 0 Å². The van der Waals surface area contributed by atoms with Gasteiger partial charge in [0.15, 0.2) is 5.78 Å². The van der Waals surface area contributed by atoms with Crippen molar-refractivity contribution in [3.8, 4) is 5.75 Å². The molecule has 2 aromatic rings. The lowest BCUT2D eigenvalue weighted by molar-refractivity contribution is 0.101. The Labute approximate surface area is 119 Å². The second kappa shape index (κ2) is 5.12. The molecule has 0 N–H and O–H groups in total. The molecule has 1 unspecified atom stereocenters. The van der Waals surface area contributed by atoms with Gasteiger partial charge in [-0.25, -0.2) is 0 Å². The summed E-state index contributed by atoms with van der Waals surface area (Å²) in [6, 6.07) is 14.2. The number of ether oxygens (including phenoxy) is 1. The van der Waals surface area contributed by atoms with Crippen molar-refractivity contribution in [2.45, 2.75) is 26.2 Å². The molecule has 102 valence electrons. The zero-order valence-corrected chi connectivity index (χ0v) is 11.8. The molecule has 0 saturated carbocycles. The summed E-state index contributed by atoms with van der Waals surface area (Å²) < 4.78 is 5.92. The van der Waals surface area contributed by atoms with E-state index >= 15 is 0 Å². The number of hydrogen-bond donors (Lipinski definition) is 0. The quantitative estimate of drug-likeness (QED) is 0.784. The third-order valence-corrected chi connectivity index (χ3v) is 3.98. The van der Waals surface area contributed by atoms with Gasteiger partial charge in [0.2, 0.25) is 0 Å². The molecule has 0 aromatic heterocycles. The number of benzene rings is 2. The topological polar surface area (TPSA) is 26.3 Å². The monoisotopic (exact) mass is 266 g/mol. The van der Waals surface area contributed by atoms with Crippen LogP contribution in [-0.4, -0.2) is 12.4 Å². The van der Waals surface area contributed by atoms with Gasteiger partial charge in [-0.15, -0.1) is 0 Å². The van der Waals surface area contributed by atoms with Crippen molar-refractivity contribution in [3.05, 3.63) is 64.7 Å². The summed E-state index contributed by atoms with van der Waals surface area (Å²) in [4.78, 5) is 11.3. The Morgan fingerprint density at radius 3 is 2.75 bits per heavy atom. The number of hydrogen-bond acceptors (Lipinski definition) is 2. The van der Waals surface area contributed by atoms with Gasteiger partial charge in [-0.3, -0.25) is 4.79 Å². The third-order valence-electron chi connectivity index (χ3n) is 3.98. The molecule has 2 heteroatoms. The van der Waals surface area contributed by atoms with Gasteiger partial charge in [-0.1, -0.05) is 24.3 Å². The zero-order valence-electron chi connectivity index (χ0n) is 11.8. The smallest absolute Gasteiger partial charge is 0.159 e. The fourth-order valence-corrected chi connectivity index (χ4v) is 2.73. The molecule has 2 aromatic carbocycles. The number of aryl methyl sites for hydroxylation is 1. The van der Waals surface area contributed by atoms with Crippen LogP contribution in [0.25, 0.3) is 0 Å². The Bertz CT molecular complexity index is 658. The normalized spacial score (nSPS) is 16.2. The fourth-order valence-electron chi connectivity index (χ4n) is 2.73. The molecule has 1 aliphatic rings. The number of rotatable bonds is 4. The summed E-state index contributed by atoms with van der Waals surface area (Å²) in [5.74, 6) is 1.46. The molecule has 1 atom stereocenters. The molecule has 0 aliphatic heterocycles. The zero-order chi connectivity index (χ0) is 14.1. The number of fused-ring (bicyclic) bond motifs is 1. The largest absolute Gasteiger partial charge is 0.493 e. The van der Waals surface area contributed by atoms with Gasteiger partial charge in [0.1, 0.15) is 5.75 Å². The summed E-state index contributed by atoms with van der Waals surface area (Å²) in [7, 11) is 0. The minimum absolute atomic E-state index is 0.0903. The third kappa shape index (κ3) is 2.34. The van der Waals surface area contributed by atoms with Crippen LogP contribution in [0.1, 0.15) is 39.9 Å². The van der Waals surface area contributed by atoms with E-state index in [0.29, 0.717) is 12.5 Å². The molecule has 0 bridgehead atoms. The predicted molar refractivity (Wildman–Crippen MR) is 79.6 cm³/mol. The van der Waals surface area contributed by atoms with Crippen LogP contribution in [0.15, 0.2) is 42.5 Å². The first-order valence-corrected chi connectivity index (χ1v) is 6.97. The van der Waals surface area contributed by atoms with Crippen molar-refractivity contribution >= 4 is 5.78 Å². The highest BCUT2D eigenvalue weighted by molar-refractivity contribution is 5.94. The summed E-state index contributed by atoms with van der Waals surface area (Å²) in [5, 5.41) is 0. The molecule has 0 heterocycles. The highest BCUT2D eigenvalue weighted by atomic mass is 16.5. The van der Waals surface area contributed by atoms with Crippen LogP contribution in [0, 0.1) is 6.92 Å². The van der Waals surface area contributed by atoms with Crippen LogP contribution < -0.4 is 4.74 Å². The van der Waals surface area contributed by atoms with E-state index in [9.17, 15) is 4.79 Å². The average molecular weight is 266 g/mol. The van der Waals surface area contributed by atoms with E-state index in [4.69, 9.17) is 4.74 Å². The van der Waals surface area contributed by atoms with Crippen LogP contribution in [0.3, 0.4) is 0 Å². The van der Waals surface area contributed by atoms with Crippen molar-refractivity contribution < 1.29 is 9.53 Å². The van der Waals surface area contributed by atoms with Gasteiger partial charge in [0.25, 0.3) is 0 Å². The Hall–Kier alpha value is -2.09. The van der Waals surface area contributed by atoms with E-state index in [2.05, 4.69) is 24.3 Å². The molecular weight excluding hydrogens is 248 g/mol. The molecule has 3 rings (SSSR count). The van der Waals surface area contributed by atoms with Crippen LogP contribution in [-0.2, 0) is 6.42 Å². The highest BCUT2D eigenvalue weighted by Gasteiger charge is 2.25. The first-order chi connectivity index (χ1) is 9.65. The minimum atomic E-state index is 0.0903. The van der Waals surface area contributed by atoms with E-state index in [-0.39, 0.29) is 5.78 Å². The van der Waals surface area contributed by atoms with Gasteiger partial charge in [-0.05, 0) is 55.2 Å². The number of carbonyl (C=O) groups is 1. The van der Waals surface area contributed by atoms with Gasteiger partial charge in [0, 0.05) is 11.5 Å². The predicted octanol–water partition coefficient (Wildman–Crippen LogP) is 3.92. The van der Waals surface area contributed by atoms with Gasteiger partial charge in [-0.2, -0.15) is 0 Å². The maximum absolute atomic E-state index is 11.3. The Morgan fingerprint density at radius 1 is 1.25 bits per heavy atom. The SMILES string of the molecule is CC(=O)c1ccc(OCC2Cc3ccccc32)c(C)c1. The molecule has 20 heavy (non-hydrogen) atoms. The lowest BCUT2D eigenvalue weighted by atomic mass is 9.78. The summed E-state index contributed by atoms with van der Waals surface area (Å²) in [6.07, 6.45) is 1.10. The lowest BCUT2D eigenvalue weighted by Crippen LogP contribution is -2.23. The van der Waals surface area contributed by atoms with E-state index < -0.39 is 0 Å². The van der Waals surface area contributed by atoms with E-state index in [0.717, 1.165) is 23.3 Å². The Balaban J connectivity index is 1.67. The summed E-state index contributed by atoms with van der Waals surface area (Å²) in [5.41, 5.74) is 4.60. The Kier molecular flexibility index (Phi) is 3.31. The second-order valence-electron chi connectivity index (χ2n) is 5.45. The van der Waals surface area contributed by atoms with Crippen molar-refractivity contribution in [1.82, 2.24) is 0 Å². The maximum Gasteiger partial charge on any atom is 0.159 e. The maximum atomic E-state index is 11.3. The molecule has 0 spiro atoms. The van der Waals surface area contributed by atoms with E-state index in [1.54, 1.807) is 6.92 Å². The van der Waals surface area contributed by atoms with Crippen LogP contribution >= 0.6 is 0 Å². The van der Waals surface area contributed by atoms with Crippen molar-refractivity contribution in [2.75, 3.05) is 6.61 Å². The molecular formula is C18H18O2. The number of Topliss-reactive ketones (excluding diaryl/α,β-unsaturated/α-hetero) is 1. The fraction of sp³-hybridized carbons (Fsp3) is 0.278. The standard InChI is InChI=1S/C18H18O2/c1-12-9-14(13(2)19)7-8-18(12)20-11-16-10-15-5-3-4-6-17(15)16/h3-9,16H,10-11H2,1-2H3. The molecule has 2 nitrogen and oxygen atoms in total.